The molecule has 0 bridgehead atoms. The molecule has 2 aromatic carbocycles. The minimum atomic E-state index is -0.00736. The van der Waals surface area contributed by atoms with Gasteiger partial charge in [-0.15, -0.1) is 0 Å². The molecule has 158 valence electrons. The van der Waals surface area contributed by atoms with E-state index in [9.17, 15) is 9.59 Å². The lowest BCUT2D eigenvalue weighted by molar-refractivity contribution is 0.118. The van der Waals surface area contributed by atoms with E-state index < -0.39 is 0 Å². The Labute approximate surface area is 178 Å². The van der Waals surface area contributed by atoms with Crippen molar-refractivity contribution in [1.29, 1.82) is 0 Å². The number of anilines is 2. The van der Waals surface area contributed by atoms with Gasteiger partial charge >= 0.3 is 12.1 Å². The highest BCUT2D eigenvalue weighted by atomic mass is 16.2. The largest absolute Gasteiger partial charge is 0.325 e. The molecule has 4 rings (SSSR count). The third-order valence-electron chi connectivity index (χ3n) is 6.37. The molecular formula is C24H30N4O2. The van der Waals surface area contributed by atoms with Gasteiger partial charge in [-0.2, -0.15) is 0 Å². The fourth-order valence-electron chi connectivity index (χ4n) is 4.60. The SMILES string of the molecule is O=C(Nc1ccccc1)N1CCC(C2CCN(C(=O)Nc3ccccc3)CC2)CC1. The number of para-hydroxylation sites is 2. The van der Waals surface area contributed by atoms with E-state index >= 15 is 0 Å². The number of hydrogen-bond donors (Lipinski definition) is 2. The van der Waals surface area contributed by atoms with Crippen LogP contribution in [-0.2, 0) is 0 Å². The Balaban J connectivity index is 1.20. The second-order valence-corrected chi connectivity index (χ2v) is 8.24. The molecule has 0 aliphatic carbocycles. The minimum absolute atomic E-state index is 0.00736. The lowest BCUT2D eigenvalue weighted by atomic mass is 9.79. The van der Waals surface area contributed by atoms with Crippen LogP contribution in [0.5, 0.6) is 0 Å². The summed E-state index contributed by atoms with van der Waals surface area (Å²) in [5.41, 5.74) is 1.68. The molecule has 0 unspecified atom stereocenters. The average molecular weight is 407 g/mol. The van der Waals surface area contributed by atoms with Crippen molar-refractivity contribution in [2.75, 3.05) is 36.8 Å². The Kier molecular flexibility index (Phi) is 6.52. The van der Waals surface area contributed by atoms with E-state index in [-0.39, 0.29) is 12.1 Å². The van der Waals surface area contributed by atoms with Crippen molar-refractivity contribution in [2.45, 2.75) is 25.7 Å². The number of hydrogen-bond acceptors (Lipinski definition) is 2. The highest BCUT2D eigenvalue weighted by molar-refractivity contribution is 5.89. The summed E-state index contributed by atoms with van der Waals surface area (Å²) in [5, 5.41) is 5.96. The maximum absolute atomic E-state index is 12.5. The van der Waals surface area contributed by atoms with Crippen molar-refractivity contribution in [2.24, 2.45) is 11.8 Å². The van der Waals surface area contributed by atoms with Crippen LogP contribution in [0.3, 0.4) is 0 Å². The minimum Gasteiger partial charge on any atom is -0.325 e. The fourth-order valence-corrected chi connectivity index (χ4v) is 4.60. The van der Waals surface area contributed by atoms with Crippen LogP contribution in [0.15, 0.2) is 60.7 Å². The summed E-state index contributed by atoms with van der Waals surface area (Å²) < 4.78 is 0. The summed E-state index contributed by atoms with van der Waals surface area (Å²) >= 11 is 0. The molecular weight excluding hydrogens is 376 g/mol. The Morgan fingerprint density at radius 3 is 1.27 bits per heavy atom. The van der Waals surface area contributed by atoms with E-state index in [0.717, 1.165) is 63.2 Å². The number of rotatable bonds is 3. The fraction of sp³-hybridized carbons (Fsp3) is 0.417. The summed E-state index contributed by atoms with van der Waals surface area (Å²) in [6.45, 7) is 3.21. The van der Waals surface area contributed by atoms with Gasteiger partial charge in [-0.25, -0.2) is 9.59 Å². The molecule has 0 atom stereocenters. The number of piperidine rings is 2. The second-order valence-electron chi connectivity index (χ2n) is 8.24. The van der Waals surface area contributed by atoms with Crippen molar-refractivity contribution >= 4 is 23.4 Å². The monoisotopic (exact) mass is 406 g/mol. The zero-order valence-electron chi connectivity index (χ0n) is 17.3. The molecule has 0 aromatic heterocycles. The van der Waals surface area contributed by atoms with Gasteiger partial charge in [-0.05, 0) is 61.8 Å². The Morgan fingerprint density at radius 2 is 0.933 bits per heavy atom. The first-order valence-electron chi connectivity index (χ1n) is 10.9. The number of nitrogens with zero attached hydrogens (tertiary/aromatic N) is 2. The summed E-state index contributed by atoms with van der Waals surface area (Å²) in [5.74, 6) is 1.29. The van der Waals surface area contributed by atoms with E-state index in [1.807, 2.05) is 70.5 Å². The molecule has 4 amide bonds. The quantitative estimate of drug-likeness (QED) is 0.763. The lowest BCUT2D eigenvalue weighted by Gasteiger charge is -2.40. The average Bonchev–Trinajstić information content (AvgIpc) is 2.80. The summed E-state index contributed by atoms with van der Waals surface area (Å²) in [7, 11) is 0. The number of benzene rings is 2. The smallest absolute Gasteiger partial charge is 0.321 e. The van der Waals surface area contributed by atoms with Gasteiger partial charge in [0.15, 0.2) is 0 Å². The van der Waals surface area contributed by atoms with Crippen molar-refractivity contribution in [3.05, 3.63) is 60.7 Å². The second kappa shape index (κ2) is 9.65. The zero-order chi connectivity index (χ0) is 20.8. The number of carbonyl (C=O) groups excluding carboxylic acids is 2. The van der Waals surface area contributed by atoms with Crippen LogP contribution in [0.2, 0.25) is 0 Å². The highest BCUT2D eigenvalue weighted by Crippen LogP contribution is 2.32. The molecule has 0 saturated carbocycles. The van der Waals surface area contributed by atoms with Gasteiger partial charge in [0, 0.05) is 37.6 Å². The third kappa shape index (κ3) is 5.12. The van der Waals surface area contributed by atoms with Gasteiger partial charge in [-0.1, -0.05) is 36.4 Å². The maximum Gasteiger partial charge on any atom is 0.321 e. The molecule has 2 aliphatic rings. The molecule has 0 spiro atoms. The van der Waals surface area contributed by atoms with Crippen LogP contribution in [0.1, 0.15) is 25.7 Å². The Hall–Kier alpha value is -3.02. The number of carbonyl (C=O) groups is 2. The van der Waals surface area contributed by atoms with Crippen LogP contribution >= 0.6 is 0 Å². The van der Waals surface area contributed by atoms with E-state index in [2.05, 4.69) is 10.6 Å². The van der Waals surface area contributed by atoms with Crippen LogP contribution in [0.4, 0.5) is 21.0 Å². The standard InChI is InChI=1S/C24H30N4O2/c29-23(25-21-7-3-1-4-8-21)27-15-11-19(12-16-27)20-13-17-28(18-14-20)24(30)26-22-9-5-2-6-10-22/h1-10,19-20H,11-18H2,(H,25,29)(H,26,30). The number of amides is 4. The molecule has 2 fully saturated rings. The Bertz CT molecular complexity index is 755. The first kappa shape index (κ1) is 20.3. The van der Waals surface area contributed by atoms with E-state index in [0.29, 0.717) is 11.8 Å². The highest BCUT2D eigenvalue weighted by Gasteiger charge is 2.32. The molecule has 2 saturated heterocycles. The molecule has 2 aromatic rings. The number of likely N-dealkylation sites (tertiary alicyclic amines) is 2. The van der Waals surface area contributed by atoms with Crippen LogP contribution < -0.4 is 10.6 Å². The first-order valence-corrected chi connectivity index (χ1v) is 10.9. The molecule has 6 nitrogen and oxygen atoms in total. The van der Waals surface area contributed by atoms with Gasteiger partial charge in [0.1, 0.15) is 0 Å². The topological polar surface area (TPSA) is 64.7 Å². The molecule has 6 heteroatoms. The summed E-state index contributed by atoms with van der Waals surface area (Å²) in [6, 6.07) is 19.2. The van der Waals surface area contributed by atoms with Crippen molar-refractivity contribution in [3.63, 3.8) is 0 Å². The summed E-state index contributed by atoms with van der Waals surface area (Å²) in [4.78, 5) is 28.8. The molecule has 0 radical (unpaired) electrons. The normalized spacial score (nSPS) is 18.1. The molecule has 2 heterocycles. The van der Waals surface area contributed by atoms with E-state index in [1.165, 1.54) is 0 Å². The lowest BCUT2D eigenvalue weighted by Crippen LogP contribution is -2.45. The number of urea groups is 2. The Morgan fingerprint density at radius 1 is 0.600 bits per heavy atom. The predicted molar refractivity (Wildman–Crippen MR) is 120 cm³/mol. The number of nitrogens with one attached hydrogen (secondary N) is 2. The predicted octanol–water partition coefficient (Wildman–Crippen LogP) is 4.87. The van der Waals surface area contributed by atoms with Crippen LogP contribution in [0.25, 0.3) is 0 Å². The summed E-state index contributed by atoms with van der Waals surface area (Å²) in [6.07, 6.45) is 4.18. The van der Waals surface area contributed by atoms with Gasteiger partial charge < -0.3 is 20.4 Å². The van der Waals surface area contributed by atoms with Gasteiger partial charge in [0.2, 0.25) is 0 Å². The third-order valence-corrected chi connectivity index (χ3v) is 6.37. The van der Waals surface area contributed by atoms with Crippen LogP contribution in [0, 0.1) is 11.8 Å². The molecule has 2 aliphatic heterocycles. The molecule has 2 N–H and O–H groups in total. The van der Waals surface area contributed by atoms with Gasteiger partial charge in [0.25, 0.3) is 0 Å². The molecule has 30 heavy (non-hydrogen) atoms. The first-order chi connectivity index (χ1) is 14.7. The van der Waals surface area contributed by atoms with E-state index in [4.69, 9.17) is 0 Å². The van der Waals surface area contributed by atoms with Crippen molar-refractivity contribution < 1.29 is 9.59 Å². The van der Waals surface area contributed by atoms with Crippen LogP contribution in [-0.4, -0.2) is 48.0 Å². The van der Waals surface area contributed by atoms with Crippen molar-refractivity contribution in [3.8, 4) is 0 Å². The van der Waals surface area contributed by atoms with Crippen molar-refractivity contribution in [1.82, 2.24) is 9.80 Å². The zero-order valence-corrected chi connectivity index (χ0v) is 17.3. The van der Waals surface area contributed by atoms with E-state index in [1.54, 1.807) is 0 Å². The van der Waals surface area contributed by atoms with Gasteiger partial charge in [-0.3, -0.25) is 0 Å². The maximum atomic E-state index is 12.5. The van der Waals surface area contributed by atoms with Gasteiger partial charge in [0.05, 0.1) is 0 Å².